The molecular weight excluding hydrogens is 302 g/mol. The Balaban J connectivity index is 1.78. The highest BCUT2D eigenvalue weighted by atomic mass is 16.5. The van der Waals surface area contributed by atoms with Crippen LogP contribution >= 0.6 is 0 Å². The molecule has 2 aliphatic rings. The standard InChI is InChI=1S/C19H25N3O2/c1-23-17-9-14-16(10-18(17)24-2)22-15-7-3-6-13(15)19(14)21-11-12-5-4-8-20-12/h9-10,12,20H,3-8,11H2,1-2H3,(H,21,22). The van der Waals surface area contributed by atoms with E-state index in [-0.39, 0.29) is 0 Å². The van der Waals surface area contributed by atoms with Crippen molar-refractivity contribution in [2.75, 3.05) is 32.6 Å². The van der Waals surface area contributed by atoms with Crippen molar-refractivity contribution >= 4 is 16.6 Å². The third-order valence-corrected chi connectivity index (χ3v) is 5.20. The number of rotatable bonds is 5. The molecule has 1 aromatic heterocycles. The first kappa shape index (κ1) is 15.5. The predicted octanol–water partition coefficient (Wildman–Crippen LogP) is 2.90. The maximum Gasteiger partial charge on any atom is 0.162 e. The van der Waals surface area contributed by atoms with Crippen molar-refractivity contribution < 1.29 is 9.47 Å². The lowest BCUT2D eigenvalue weighted by molar-refractivity contribution is 0.356. The van der Waals surface area contributed by atoms with Gasteiger partial charge in [-0.2, -0.15) is 0 Å². The van der Waals surface area contributed by atoms with E-state index in [1.54, 1.807) is 14.2 Å². The zero-order valence-corrected chi connectivity index (χ0v) is 14.4. The number of anilines is 1. The highest BCUT2D eigenvalue weighted by Gasteiger charge is 2.22. The molecular formula is C19H25N3O2. The van der Waals surface area contributed by atoms with E-state index in [2.05, 4.69) is 16.7 Å². The Bertz CT molecular complexity index is 754. The van der Waals surface area contributed by atoms with Crippen molar-refractivity contribution in [2.45, 2.75) is 38.1 Å². The van der Waals surface area contributed by atoms with E-state index in [1.807, 2.05) is 6.07 Å². The molecule has 24 heavy (non-hydrogen) atoms. The molecule has 2 heterocycles. The van der Waals surface area contributed by atoms with Crippen LogP contribution in [-0.4, -0.2) is 38.3 Å². The minimum absolute atomic E-state index is 0.561. The van der Waals surface area contributed by atoms with Crippen molar-refractivity contribution in [3.8, 4) is 11.5 Å². The van der Waals surface area contributed by atoms with Gasteiger partial charge in [0.25, 0.3) is 0 Å². The number of nitrogens with zero attached hydrogens (tertiary/aromatic N) is 1. The Hall–Kier alpha value is -2.01. The summed E-state index contributed by atoms with van der Waals surface area (Å²) >= 11 is 0. The normalized spacial score (nSPS) is 19.5. The summed E-state index contributed by atoms with van der Waals surface area (Å²) in [6, 6.07) is 4.61. The molecule has 1 aliphatic heterocycles. The van der Waals surface area contributed by atoms with Gasteiger partial charge in [0, 0.05) is 35.4 Å². The fourth-order valence-electron chi connectivity index (χ4n) is 3.95. The molecule has 0 bridgehead atoms. The topological polar surface area (TPSA) is 55.4 Å². The van der Waals surface area contributed by atoms with E-state index >= 15 is 0 Å². The van der Waals surface area contributed by atoms with Crippen LogP contribution in [0, 0.1) is 0 Å². The van der Waals surface area contributed by atoms with Gasteiger partial charge in [0.05, 0.1) is 19.7 Å². The van der Waals surface area contributed by atoms with Crippen LogP contribution in [0.3, 0.4) is 0 Å². The van der Waals surface area contributed by atoms with Gasteiger partial charge < -0.3 is 20.1 Å². The Morgan fingerprint density at radius 2 is 2.00 bits per heavy atom. The van der Waals surface area contributed by atoms with Gasteiger partial charge in [-0.05, 0) is 50.3 Å². The lowest BCUT2D eigenvalue weighted by atomic mass is 10.1. The Labute approximate surface area is 142 Å². The summed E-state index contributed by atoms with van der Waals surface area (Å²) < 4.78 is 11.0. The molecule has 1 aromatic carbocycles. The van der Waals surface area contributed by atoms with Crippen molar-refractivity contribution in [3.63, 3.8) is 0 Å². The van der Waals surface area contributed by atoms with Crippen LogP contribution < -0.4 is 20.1 Å². The Morgan fingerprint density at radius 1 is 1.17 bits per heavy atom. The SMILES string of the molecule is COc1cc2nc3c(c(NCC4CCCN4)c2cc1OC)CCC3. The van der Waals surface area contributed by atoms with Crippen LogP contribution in [0.4, 0.5) is 5.69 Å². The minimum Gasteiger partial charge on any atom is -0.493 e. The van der Waals surface area contributed by atoms with Crippen molar-refractivity contribution in [3.05, 3.63) is 23.4 Å². The van der Waals surface area contributed by atoms with Crippen molar-refractivity contribution in [2.24, 2.45) is 0 Å². The summed E-state index contributed by atoms with van der Waals surface area (Å²) in [6.45, 7) is 2.09. The van der Waals surface area contributed by atoms with E-state index in [9.17, 15) is 0 Å². The quantitative estimate of drug-likeness (QED) is 0.884. The number of pyridine rings is 1. The summed E-state index contributed by atoms with van der Waals surface area (Å²) in [5.41, 5.74) is 4.83. The number of nitrogens with one attached hydrogen (secondary N) is 2. The Morgan fingerprint density at radius 3 is 2.75 bits per heavy atom. The molecule has 1 saturated heterocycles. The number of ether oxygens (including phenoxy) is 2. The maximum absolute atomic E-state index is 5.50. The first-order valence-electron chi connectivity index (χ1n) is 8.85. The third kappa shape index (κ3) is 2.67. The zero-order chi connectivity index (χ0) is 16.5. The van der Waals surface area contributed by atoms with Gasteiger partial charge in [-0.15, -0.1) is 0 Å². The van der Waals surface area contributed by atoms with Gasteiger partial charge >= 0.3 is 0 Å². The second-order valence-electron chi connectivity index (χ2n) is 6.66. The second-order valence-corrected chi connectivity index (χ2v) is 6.66. The minimum atomic E-state index is 0.561. The number of aromatic nitrogens is 1. The van der Waals surface area contributed by atoms with Gasteiger partial charge in [0.15, 0.2) is 11.5 Å². The third-order valence-electron chi connectivity index (χ3n) is 5.20. The molecule has 0 radical (unpaired) electrons. The Kier molecular flexibility index (Phi) is 4.19. The molecule has 4 rings (SSSR count). The van der Waals surface area contributed by atoms with Crippen LogP contribution in [0.25, 0.3) is 10.9 Å². The molecule has 1 aliphatic carbocycles. The monoisotopic (exact) mass is 327 g/mol. The van der Waals surface area contributed by atoms with Gasteiger partial charge in [0.2, 0.25) is 0 Å². The summed E-state index contributed by atoms with van der Waals surface area (Å²) in [6.07, 6.45) is 5.87. The van der Waals surface area contributed by atoms with E-state index in [0.717, 1.165) is 48.3 Å². The van der Waals surface area contributed by atoms with Crippen molar-refractivity contribution in [1.82, 2.24) is 10.3 Å². The van der Waals surface area contributed by atoms with Crippen LogP contribution in [0.1, 0.15) is 30.5 Å². The summed E-state index contributed by atoms with van der Waals surface area (Å²) in [7, 11) is 3.35. The van der Waals surface area contributed by atoms with Gasteiger partial charge in [0.1, 0.15) is 0 Å². The molecule has 1 fully saturated rings. The molecule has 1 atom stereocenters. The number of hydrogen-bond donors (Lipinski definition) is 2. The second kappa shape index (κ2) is 6.48. The number of benzene rings is 1. The molecule has 2 N–H and O–H groups in total. The van der Waals surface area contributed by atoms with Crippen molar-refractivity contribution in [1.29, 1.82) is 0 Å². The van der Waals surface area contributed by atoms with Crippen LogP contribution in [-0.2, 0) is 12.8 Å². The van der Waals surface area contributed by atoms with E-state index in [1.165, 1.54) is 36.2 Å². The molecule has 128 valence electrons. The highest BCUT2D eigenvalue weighted by molar-refractivity contribution is 5.96. The van der Waals surface area contributed by atoms with Gasteiger partial charge in [-0.3, -0.25) is 4.98 Å². The molecule has 0 spiro atoms. The van der Waals surface area contributed by atoms with Crippen LogP contribution in [0.15, 0.2) is 12.1 Å². The van der Waals surface area contributed by atoms with E-state index in [0.29, 0.717) is 6.04 Å². The largest absolute Gasteiger partial charge is 0.493 e. The fraction of sp³-hybridized carbons (Fsp3) is 0.526. The first-order valence-corrected chi connectivity index (χ1v) is 8.85. The zero-order valence-electron chi connectivity index (χ0n) is 14.4. The molecule has 1 unspecified atom stereocenters. The summed E-state index contributed by atoms with van der Waals surface area (Å²) in [5.74, 6) is 1.49. The number of aryl methyl sites for hydroxylation is 1. The predicted molar refractivity (Wildman–Crippen MR) is 96.4 cm³/mol. The number of methoxy groups -OCH3 is 2. The highest BCUT2D eigenvalue weighted by Crippen LogP contribution is 2.39. The van der Waals surface area contributed by atoms with Gasteiger partial charge in [-0.25, -0.2) is 0 Å². The molecule has 5 heteroatoms. The lowest BCUT2D eigenvalue weighted by Gasteiger charge is -2.19. The van der Waals surface area contributed by atoms with Crippen LogP contribution in [0.5, 0.6) is 11.5 Å². The van der Waals surface area contributed by atoms with Crippen LogP contribution in [0.2, 0.25) is 0 Å². The smallest absolute Gasteiger partial charge is 0.162 e. The number of fused-ring (bicyclic) bond motifs is 2. The average Bonchev–Trinajstić information content (AvgIpc) is 3.28. The fourth-order valence-corrected chi connectivity index (χ4v) is 3.95. The molecule has 0 saturated carbocycles. The summed E-state index contributed by atoms with van der Waals surface area (Å²) in [4.78, 5) is 4.89. The molecule has 0 amide bonds. The van der Waals surface area contributed by atoms with E-state index < -0.39 is 0 Å². The summed E-state index contributed by atoms with van der Waals surface area (Å²) in [5, 5.41) is 8.41. The number of hydrogen-bond acceptors (Lipinski definition) is 5. The molecule has 5 nitrogen and oxygen atoms in total. The molecule has 2 aromatic rings. The maximum atomic E-state index is 5.50. The first-order chi connectivity index (χ1) is 11.8. The average molecular weight is 327 g/mol. The van der Waals surface area contributed by atoms with Gasteiger partial charge in [-0.1, -0.05) is 0 Å². The van der Waals surface area contributed by atoms with E-state index in [4.69, 9.17) is 14.5 Å². The lowest BCUT2D eigenvalue weighted by Crippen LogP contribution is -2.29.